The Balaban J connectivity index is 1.05. The smallest absolute Gasteiger partial charge is 0.259 e. The summed E-state index contributed by atoms with van der Waals surface area (Å²) in [7, 11) is 0. The van der Waals surface area contributed by atoms with E-state index in [4.69, 9.17) is 0 Å². The van der Waals surface area contributed by atoms with Crippen LogP contribution in [-0.2, 0) is 29.9 Å². The van der Waals surface area contributed by atoms with E-state index in [1.54, 1.807) is 23.1 Å². The third-order valence-electron chi connectivity index (χ3n) is 6.57. The number of anilines is 1. The summed E-state index contributed by atoms with van der Waals surface area (Å²) < 4.78 is 0. The van der Waals surface area contributed by atoms with E-state index in [0.29, 0.717) is 30.3 Å². The molecular formula is C25H31N5O2S2. The quantitative estimate of drug-likeness (QED) is 0.454. The number of hydrogen-bond donors (Lipinski definition) is 2. The number of amides is 1. The monoisotopic (exact) mass is 497 g/mol. The second-order valence-electron chi connectivity index (χ2n) is 9.06. The molecule has 1 amide bonds. The lowest BCUT2D eigenvalue weighted by atomic mass is 10.2. The lowest BCUT2D eigenvalue weighted by Gasteiger charge is -2.21. The van der Waals surface area contributed by atoms with Gasteiger partial charge in [-0.25, -0.2) is 9.97 Å². The maximum atomic E-state index is 12.5. The van der Waals surface area contributed by atoms with E-state index < -0.39 is 0 Å². The molecule has 2 N–H and O–H groups in total. The fraction of sp³-hybridized carbons (Fsp3) is 0.520. The maximum Gasteiger partial charge on any atom is 0.259 e. The number of rotatable bonds is 8. The Morgan fingerprint density at radius 1 is 1.15 bits per heavy atom. The first-order valence-electron chi connectivity index (χ1n) is 12.2. The predicted molar refractivity (Wildman–Crippen MR) is 140 cm³/mol. The van der Waals surface area contributed by atoms with Crippen LogP contribution in [0.15, 0.2) is 23.1 Å². The summed E-state index contributed by atoms with van der Waals surface area (Å²) in [5.41, 5.74) is 2.20. The van der Waals surface area contributed by atoms with E-state index in [-0.39, 0.29) is 11.5 Å². The van der Waals surface area contributed by atoms with Crippen LogP contribution in [0.5, 0.6) is 0 Å². The number of aromatic amines is 1. The van der Waals surface area contributed by atoms with Crippen LogP contribution in [0.3, 0.4) is 0 Å². The first-order chi connectivity index (χ1) is 16.7. The average molecular weight is 498 g/mol. The highest BCUT2D eigenvalue weighted by molar-refractivity contribution is 7.98. The molecule has 1 saturated heterocycles. The molecule has 1 fully saturated rings. The van der Waals surface area contributed by atoms with Gasteiger partial charge in [-0.2, -0.15) is 11.8 Å². The lowest BCUT2D eigenvalue weighted by Crippen LogP contribution is -2.25. The van der Waals surface area contributed by atoms with Crippen molar-refractivity contribution in [2.45, 2.75) is 63.7 Å². The van der Waals surface area contributed by atoms with E-state index in [1.807, 2.05) is 6.20 Å². The average Bonchev–Trinajstić information content (AvgIpc) is 3.31. The van der Waals surface area contributed by atoms with Gasteiger partial charge in [0.15, 0.2) is 0 Å². The van der Waals surface area contributed by atoms with Gasteiger partial charge in [0.2, 0.25) is 5.91 Å². The van der Waals surface area contributed by atoms with E-state index in [2.05, 4.69) is 37.3 Å². The van der Waals surface area contributed by atoms with Crippen molar-refractivity contribution in [2.24, 2.45) is 0 Å². The standard InChI is InChI=1S/C25H31N5O2S2/c31-22(27-15-17-8-9-21(26-14-17)30-11-3-1-2-4-12-30)10-13-33-16-20-28-24(32)23-18-6-5-7-19(18)34-25(23)29-20/h8-9,14H,1-7,10-13,15-16H2,(H,27,31)(H,28,29,32). The normalized spacial score (nSPS) is 15.9. The Morgan fingerprint density at radius 3 is 2.79 bits per heavy atom. The van der Waals surface area contributed by atoms with Gasteiger partial charge in [0.1, 0.15) is 16.5 Å². The minimum Gasteiger partial charge on any atom is -0.357 e. The minimum atomic E-state index is -0.0202. The van der Waals surface area contributed by atoms with Gasteiger partial charge in [0, 0.05) is 42.9 Å². The summed E-state index contributed by atoms with van der Waals surface area (Å²) in [5.74, 6) is 3.03. The van der Waals surface area contributed by atoms with Crippen molar-refractivity contribution in [3.05, 3.63) is 50.5 Å². The highest BCUT2D eigenvalue weighted by Gasteiger charge is 2.21. The second kappa shape index (κ2) is 10.9. The fourth-order valence-corrected chi connectivity index (χ4v) is 6.83. The molecule has 0 bridgehead atoms. The number of thiophene rings is 1. The molecule has 0 saturated carbocycles. The molecule has 9 heteroatoms. The van der Waals surface area contributed by atoms with E-state index in [0.717, 1.165) is 53.9 Å². The number of aromatic nitrogens is 3. The zero-order valence-electron chi connectivity index (χ0n) is 19.4. The van der Waals surface area contributed by atoms with Gasteiger partial charge >= 0.3 is 0 Å². The van der Waals surface area contributed by atoms with Gasteiger partial charge in [-0.05, 0) is 49.3 Å². The van der Waals surface area contributed by atoms with Crippen LogP contribution in [-0.4, -0.2) is 39.7 Å². The molecule has 5 rings (SSSR count). The molecule has 2 aliphatic rings. The zero-order valence-corrected chi connectivity index (χ0v) is 21.0. The van der Waals surface area contributed by atoms with Crippen LogP contribution in [0, 0.1) is 0 Å². The van der Waals surface area contributed by atoms with Crippen molar-refractivity contribution in [1.29, 1.82) is 0 Å². The molecule has 34 heavy (non-hydrogen) atoms. The molecule has 3 aromatic heterocycles. The molecule has 0 unspecified atom stereocenters. The number of aryl methyl sites for hydroxylation is 2. The summed E-state index contributed by atoms with van der Waals surface area (Å²) >= 11 is 3.28. The summed E-state index contributed by atoms with van der Waals surface area (Å²) in [4.78, 5) is 41.6. The Morgan fingerprint density at radius 2 is 2.00 bits per heavy atom. The number of carbonyl (C=O) groups is 1. The van der Waals surface area contributed by atoms with Crippen LogP contribution in [0.1, 0.15) is 60.4 Å². The minimum absolute atomic E-state index is 0.0202. The SMILES string of the molecule is O=C(CCSCc1nc2sc3c(c2c(=O)[nH]1)CCC3)NCc1ccc(N2CCCCCC2)nc1. The van der Waals surface area contributed by atoms with Gasteiger partial charge in [-0.15, -0.1) is 11.3 Å². The molecule has 0 radical (unpaired) electrons. The summed E-state index contributed by atoms with van der Waals surface area (Å²) in [6.07, 6.45) is 10.6. The van der Waals surface area contributed by atoms with Crippen molar-refractivity contribution < 1.29 is 4.79 Å². The van der Waals surface area contributed by atoms with Gasteiger partial charge in [-0.1, -0.05) is 18.9 Å². The topological polar surface area (TPSA) is 91.0 Å². The fourth-order valence-electron chi connectivity index (χ4n) is 4.75. The number of fused-ring (bicyclic) bond motifs is 3. The molecule has 3 aromatic rings. The number of thioether (sulfide) groups is 1. The Hall–Kier alpha value is -2.39. The highest BCUT2D eigenvalue weighted by Crippen LogP contribution is 2.34. The molecule has 0 aromatic carbocycles. The number of nitrogens with zero attached hydrogens (tertiary/aromatic N) is 3. The molecule has 1 aliphatic carbocycles. The third-order valence-corrected chi connectivity index (χ3v) is 8.72. The Kier molecular flexibility index (Phi) is 7.49. The second-order valence-corrected chi connectivity index (χ2v) is 11.2. The van der Waals surface area contributed by atoms with Gasteiger partial charge in [0.25, 0.3) is 5.56 Å². The summed E-state index contributed by atoms with van der Waals surface area (Å²) in [6, 6.07) is 4.12. The molecule has 7 nitrogen and oxygen atoms in total. The summed E-state index contributed by atoms with van der Waals surface area (Å²) in [6.45, 7) is 2.65. The molecule has 1 aliphatic heterocycles. The van der Waals surface area contributed by atoms with Crippen molar-refractivity contribution in [1.82, 2.24) is 20.3 Å². The number of nitrogens with one attached hydrogen (secondary N) is 2. The van der Waals surface area contributed by atoms with Crippen LogP contribution in [0.2, 0.25) is 0 Å². The predicted octanol–water partition coefficient (Wildman–Crippen LogP) is 4.19. The largest absolute Gasteiger partial charge is 0.357 e. The lowest BCUT2D eigenvalue weighted by molar-refractivity contribution is -0.120. The summed E-state index contributed by atoms with van der Waals surface area (Å²) in [5, 5.41) is 3.78. The van der Waals surface area contributed by atoms with Gasteiger partial charge in [0.05, 0.1) is 11.1 Å². The van der Waals surface area contributed by atoms with Gasteiger partial charge in [-0.3, -0.25) is 9.59 Å². The van der Waals surface area contributed by atoms with Crippen molar-refractivity contribution >= 4 is 45.0 Å². The molecular weight excluding hydrogens is 466 g/mol. The molecule has 4 heterocycles. The Labute approximate surface area is 207 Å². The van der Waals surface area contributed by atoms with E-state index in [1.165, 1.54) is 36.1 Å². The Bertz CT molecular complexity index is 1200. The van der Waals surface area contributed by atoms with Crippen molar-refractivity contribution in [3.8, 4) is 0 Å². The highest BCUT2D eigenvalue weighted by atomic mass is 32.2. The number of pyridine rings is 1. The van der Waals surface area contributed by atoms with Crippen LogP contribution < -0.4 is 15.8 Å². The van der Waals surface area contributed by atoms with Crippen molar-refractivity contribution in [3.63, 3.8) is 0 Å². The van der Waals surface area contributed by atoms with Gasteiger partial charge < -0.3 is 15.2 Å². The number of hydrogen-bond acceptors (Lipinski definition) is 7. The molecule has 0 atom stereocenters. The third kappa shape index (κ3) is 5.46. The molecule has 0 spiro atoms. The van der Waals surface area contributed by atoms with Crippen LogP contribution in [0.25, 0.3) is 10.2 Å². The number of H-pyrrole nitrogens is 1. The van der Waals surface area contributed by atoms with Crippen LogP contribution >= 0.6 is 23.1 Å². The van der Waals surface area contributed by atoms with E-state index >= 15 is 0 Å². The maximum absolute atomic E-state index is 12.5. The zero-order chi connectivity index (χ0) is 23.3. The van der Waals surface area contributed by atoms with E-state index in [9.17, 15) is 9.59 Å². The first kappa shape index (κ1) is 23.4. The first-order valence-corrected chi connectivity index (χ1v) is 14.2. The molecule has 180 valence electrons. The van der Waals surface area contributed by atoms with Crippen molar-refractivity contribution in [2.75, 3.05) is 23.7 Å². The van der Waals surface area contributed by atoms with Crippen LogP contribution in [0.4, 0.5) is 5.82 Å². The number of carbonyl (C=O) groups excluding carboxylic acids is 1.